The number of methoxy groups -OCH3 is 1. The number of nitrogens with one attached hydrogen (secondary N) is 1. The molecule has 18 heavy (non-hydrogen) atoms. The summed E-state index contributed by atoms with van der Waals surface area (Å²) in [6.45, 7) is 7.38. The quantitative estimate of drug-likeness (QED) is 0.844. The minimum Gasteiger partial charge on any atom is -0.495 e. The third-order valence-electron chi connectivity index (χ3n) is 2.67. The summed E-state index contributed by atoms with van der Waals surface area (Å²) in [7, 11) is 1.61. The van der Waals surface area contributed by atoms with Crippen LogP contribution in [0.15, 0.2) is 18.2 Å². The van der Waals surface area contributed by atoms with Gasteiger partial charge in [-0.25, -0.2) is 0 Å². The molecule has 0 atom stereocenters. The number of amides is 1. The summed E-state index contributed by atoms with van der Waals surface area (Å²) in [4.78, 5) is 11.1. The average molecular weight is 250 g/mol. The Labute approximate surface area is 109 Å². The van der Waals surface area contributed by atoms with Gasteiger partial charge in [0.05, 0.1) is 12.8 Å². The van der Waals surface area contributed by atoms with Crippen molar-refractivity contribution < 1.29 is 9.53 Å². The van der Waals surface area contributed by atoms with E-state index in [9.17, 15) is 4.79 Å². The fourth-order valence-electron chi connectivity index (χ4n) is 1.57. The summed E-state index contributed by atoms with van der Waals surface area (Å²) in [6, 6.07) is 5.14. The van der Waals surface area contributed by atoms with Crippen LogP contribution in [-0.2, 0) is 0 Å². The summed E-state index contributed by atoms with van der Waals surface area (Å²) in [5, 5.41) is 3.28. The molecule has 4 nitrogen and oxygen atoms in total. The van der Waals surface area contributed by atoms with Gasteiger partial charge in [0.2, 0.25) is 5.91 Å². The Morgan fingerprint density at radius 2 is 2.06 bits per heavy atom. The van der Waals surface area contributed by atoms with Crippen molar-refractivity contribution in [2.45, 2.75) is 27.2 Å². The predicted molar refractivity (Wildman–Crippen MR) is 74.1 cm³/mol. The van der Waals surface area contributed by atoms with Crippen molar-refractivity contribution in [2.24, 2.45) is 11.1 Å². The number of ether oxygens (including phenoxy) is 1. The molecule has 0 aliphatic rings. The fourth-order valence-corrected chi connectivity index (χ4v) is 1.57. The molecule has 0 radical (unpaired) electrons. The maximum absolute atomic E-state index is 11.1. The fraction of sp³-hybridized carbons (Fsp3) is 0.500. The van der Waals surface area contributed by atoms with Crippen molar-refractivity contribution in [3.8, 4) is 5.75 Å². The van der Waals surface area contributed by atoms with Crippen LogP contribution in [0.1, 0.15) is 37.6 Å². The van der Waals surface area contributed by atoms with Gasteiger partial charge in [-0.3, -0.25) is 4.79 Å². The van der Waals surface area contributed by atoms with Crippen molar-refractivity contribution >= 4 is 11.6 Å². The number of anilines is 1. The zero-order valence-electron chi connectivity index (χ0n) is 11.5. The molecule has 1 rings (SSSR count). The second-order valence-corrected chi connectivity index (χ2v) is 5.52. The number of rotatable bonds is 5. The second kappa shape index (κ2) is 5.76. The Kier molecular flexibility index (Phi) is 4.59. The molecule has 0 bridgehead atoms. The van der Waals surface area contributed by atoms with E-state index in [0.29, 0.717) is 11.3 Å². The summed E-state index contributed by atoms with van der Waals surface area (Å²) in [6.07, 6.45) is 1.02. The number of carbonyl (C=O) groups excluding carboxylic acids is 1. The van der Waals surface area contributed by atoms with E-state index in [1.54, 1.807) is 25.3 Å². The van der Waals surface area contributed by atoms with Crippen LogP contribution in [0.4, 0.5) is 5.69 Å². The summed E-state index contributed by atoms with van der Waals surface area (Å²) in [5.41, 5.74) is 6.81. The van der Waals surface area contributed by atoms with Gasteiger partial charge < -0.3 is 15.8 Å². The lowest BCUT2D eigenvalue weighted by Gasteiger charge is -2.19. The standard InChI is InChI=1S/C14H22N2O2/c1-14(2,3)7-8-16-11-9-10(13(15)17)5-6-12(11)18-4/h5-6,9,16H,7-8H2,1-4H3,(H2,15,17). The lowest BCUT2D eigenvalue weighted by atomic mass is 9.92. The van der Waals surface area contributed by atoms with Crippen LogP contribution in [0.3, 0.4) is 0 Å². The predicted octanol–water partition coefficient (Wildman–Crippen LogP) is 2.64. The Hall–Kier alpha value is -1.71. The molecule has 0 heterocycles. The first-order chi connectivity index (χ1) is 8.33. The molecule has 100 valence electrons. The van der Waals surface area contributed by atoms with Crippen LogP contribution in [-0.4, -0.2) is 19.6 Å². The number of hydrogen-bond acceptors (Lipinski definition) is 3. The number of nitrogens with two attached hydrogens (primary N) is 1. The SMILES string of the molecule is COc1ccc(C(N)=O)cc1NCCC(C)(C)C. The minimum atomic E-state index is -0.434. The van der Waals surface area contributed by atoms with Gasteiger partial charge in [-0.2, -0.15) is 0 Å². The summed E-state index contributed by atoms with van der Waals surface area (Å²) in [5.74, 6) is 0.283. The van der Waals surface area contributed by atoms with Crippen molar-refractivity contribution in [3.05, 3.63) is 23.8 Å². The van der Waals surface area contributed by atoms with E-state index in [-0.39, 0.29) is 5.41 Å². The topological polar surface area (TPSA) is 64.3 Å². The van der Waals surface area contributed by atoms with Gasteiger partial charge in [0.1, 0.15) is 5.75 Å². The highest BCUT2D eigenvalue weighted by molar-refractivity contribution is 5.94. The van der Waals surface area contributed by atoms with Crippen molar-refractivity contribution in [2.75, 3.05) is 19.0 Å². The zero-order valence-corrected chi connectivity index (χ0v) is 11.5. The highest BCUT2D eigenvalue weighted by Gasteiger charge is 2.11. The molecule has 0 fully saturated rings. The maximum atomic E-state index is 11.1. The molecule has 1 amide bonds. The molecule has 3 N–H and O–H groups in total. The smallest absolute Gasteiger partial charge is 0.248 e. The molecule has 0 aliphatic heterocycles. The molecule has 0 aliphatic carbocycles. The number of benzene rings is 1. The Bertz CT molecular complexity index is 422. The van der Waals surface area contributed by atoms with Crippen molar-refractivity contribution in [3.63, 3.8) is 0 Å². The van der Waals surface area contributed by atoms with E-state index >= 15 is 0 Å². The minimum absolute atomic E-state index is 0.265. The zero-order chi connectivity index (χ0) is 13.8. The average Bonchev–Trinajstić information content (AvgIpc) is 2.27. The van der Waals surface area contributed by atoms with Gasteiger partial charge >= 0.3 is 0 Å². The lowest BCUT2D eigenvalue weighted by molar-refractivity contribution is 0.100. The van der Waals surface area contributed by atoms with Crippen LogP contribution in [0, 0.1) is 5.41 Å². The molecule has 4 heteroatoms. The van der Waals surface area contributed by atoms with Gasteiger partial charge in [0.15, 0.2) is 0 Å². The van der Waals surface area contributed by atoms with E-state index in [4.69, 9.17) is 10.5 Å². The first-order valence-corrected chi connectivity index (χ1v) is 6.05. The molecular formula is C14H22N2O2. The highest BCUT2D eigenvalue weighted by Crippen LogP contribution is 2.26. The molecule has 0 aromatic heterocycles. The summed E-state index contributed by atoms with van der Waals surface area (Å²) >= 11 is 0. The van der Waals surface area contributed by atoms with E-state index in [0.717, 1.165) is 18.7 Å². The van der Waals surface area contributed by atoms with Gasteiger partial charge in [-0.05, 0) is 30.0 Å². The number of hydrogen-bond donors (Lipinski definition) is 2. The molecule has 0 saturated heterocycles. The molecule has 1 aromatic rings. The highest BCUT2D eigenvalue weighted by atomic mass is 16.5. The maximum Gasteiger partial charge on any atom is 0.248 e. The lowest BCUT2D eigenvalue weighted by Crippen LogP contribution is -2.15. The van der Waals surface area contributed by atoms with Crippen LogP contribution in [0.5, 0.6) is 5.75 Å². The number of primary amides is 1. The summed E-state index contributed by atoms with van der Waals surface area (Å²) < 4.78 is 5.25. The second-order valence-electron chi connectivity index (χ2n) is 5.52. The molecule has 0 spiro atoms. The number of carbonyl (C=O) groups is 1. The first-order valence-electron chi connectivity index (χ1n) is 6.05. The third-order valence-corrected chi connectivity index (χ3v) is 2.67. The van der Waals surface area contributed by atoms with E-state index in [1.807, 2.05) is 0 Å². The third kappa shape index (κ3) is 4.28. The Morgan fingerprint density at radius 3 is 2.56 bits per heavy atom. The molecule has 0 saturated carbocycles. The van der Waals surface area contributed by atoms with E-state index < -0.39 is 5.91 Å². The van der Waals surface area contributed by atoms with Gasteiger partial charge in [-0.15, -0.1) is 0 Å². The molecule has 0 unspecified atom stereocenters. The Morgan fingerprint density at radius 1 is 1.39 bits per heavy atom. The Balaban J connectivity index is 2.78. The molecule has 1 aromatic carbocycles. The first kappa shape index (κ1) is 14.4. The van der Waals surface area contributed by atoms with Crippen LogP contribution in [0.2, 0.25) is 0 Å². The van der Waals surface area contributed by atoms with Crippen molar-refractivity contribution in [1.82, 2.24) is 0 Å². The molecular weight excluding hydrogens is 228 g/mol. The van der Waals surface area contributed by atoms with Crippen LogP contribution < -0.4 is 15.8 Å². The normalized spacial score (nSPS) is 11.1. The monoisotopic (exact) mass is 250 g/mol. The van der Waals surface area contributed by atoms with Crippen molar-refractivity contribution in [1.29, 1.82) is 0 Å². The largest absolute Gasteiger partial charge is 0.495 e. The van der Waals surface area contributed by atoms with Gasteiger partial charge in [-0.1, -0.05) is 20.8 Å². The van der Waals surface area contributed by atoms with Crippen LogP contribution >= 0.6 is 0 Å². The van der Waals surface area contributed by atoms with E-state index in [1.165, 1.54) is 0 Å². The van der Waals surface area contributed by atoms with Gasteiger partial charge in [0.25, 0.3) is 0 Å². The van der Waals surface area contributed by atoms with E-state index in [2.05, 4.69) is 26.1 Å². The van der Waals surface area contributed by atoms with Gasteiger partial charge in [0, 0.05) is 12.1 Å². The van der Waals surface area contributed by atoms with Crippen LogP contribution in [0.25, 0.3) is 0 Å².